The molecule has 0 saturated heterocycles. The number of nitrogens with two attached hydrogens (primary N) is 1. The first kappa shape index (κ1) is 13.0. The number of halogens is 3. The summed E-state index contributed by atoms with van der Waals surface area (Å²) >= 11 is 5.76. The second kappa shape index (κ2) is 5.04. The molecule has 2 N–H and O–H groups in total. The fourth-order valence-corrected chi connectivity index (χ4v) is 1.88. The predicted molar refractivity (Wildman–Crippen MR) is 68.6 cm³/mol. The highest BCUT2D eigenvalue weighted by molar-refractivity contribution is 6.30. The minimum absolute atomic E-state index is 0.139. The molecule has 1 unspecified atom stereocenters. The van der Waals surface area contributed by atoms with Crippen LogP contribution < -0.4 is 5.73 Å². The van der Waals surface area contributed by atoms with E-state index in [1.54, 1.807) is 24.3 Å². The van der Waals surface area contributed by atoms with Crippen molar-refractivity contribution in [2.45, 2.75) is 13.0 Å². The molecular weight excluding hydrogens is 256 g/mol. The molecule has 0 amide bonds. The molecule has 0 bridgehead atoms. The number of hydrogen-bond donors (Lipinski definition) is 1. The zero-order valence-corrected chi connectivity index (χ0v) is 10.5. The largest absolute Gasteiger partial charge is 0.320 e. The van der Waals surface area contributed by atoms with Gasteiger partial charge in [0.25, 0.3) is 0 Å². The van der Waals surface area contributed by atoms with E-state index in [4.69, 9.17) is 17.3 Å². The molecular formula is C14H12ClF2N. The van der Waals surface area contributed by atoms with Gasteiger partial charge in [0.1, 0.15) is 0 Å². The molecule has 0 spiro atoms. The van der Waals surface area contributed by atoms with Gasteiger partial charge >= 0.3 is 0 Å². The summed E-state index contributed by atoms with van der Waals surface area (Å²) in [5, 5.41) is 0.571. The molecule has 2 rings (SSSR count). The van der Waals surface area contributed by atoms with E-state index in [9.17, 15) is 8.78 Å². The smallest absolute Gasteiger partial charge is 0.164 e. The molecule has 1 atom stereocenters. The molecule has 0 radical (unpaired) electrons. The zero-order valence-electron chi connectivity index (χ0n) is 9.75. The van der Waals surface area contributed by atoms with E-state index in [0.717, 1.165) is 0 Å². The minimum atomic E-state index is -0.891. The van der Waals surface area contributed by atoms with Crippen molar-refractivity contribution in [3.05, 3.63) is 69.7 Å². The van der Waals surface area contributed by atoms with Gasteiger partial charge in [-0.2, -0.15) is 0 Å². The van der Waals surface area contributed by atoms with Crippen molar-refractivity contribution < 1.29 is 8.78 Å². The van der Waals surface area contributed by atoms with Crippen LogP contribution in [0, 0.1) is 18.6 Å². The number of hydrogen-bond acceptors (Lipinski definition) is 1. The van der Waals surface area contributed by atoms with Gasteiger partial charge in [-0.1, -0.05) is 35.9 Å². The van der Waals surface area contributed by atoms with Crippen molar-refractivity contribution in [2.24, 2.45) is 5.73 Å². The molecule has 1 nitrogen and oxygen atoms in total. The Labute approximate surface area is 109 Å². The molecule has 4 heteroatoms. The van der Waals surface area contributed by atoms with Crippen LogP contribution in [0.4, 0.5) is 8.78 Å². The molecule has 94 valence electrons. The van der Waals surface area contributed by atoms with Crippen LogP contribution in [0.15, 0.2) is 36.4 Å². The Balaban J connectivity index is 2.43. The van der Waals surface area contributed by atoms with Crippen molar-refractivity contribution >= 4 is 11.6 Å². The van der Waals surface area contributed by atoms with Crippen LogP contribution in [0.25, 0.3) is 0 Å². The van der Waals surface area contributed by atoms with Crippen LogP contribution in [0.3, 0.4) is 0 Å². The van der Waals surface area contributed by atoms with E-state index in [2.05, 4.69) is 0 Å². The summed E-state index contributed by atoms with van der Waals surface area (Å²) in [6.45, 7) is 1.51. The predicted octanol–water partition coefficient (Wildman–Crippen LogP) is 3.97. The summed E-state index contributed by atoms with van der Waals surface area (Å²) in [7, 11) is 0. The summed E-state index contributed by atoms with van der Waals surface area (Å²) in [6.07, 6.45) is 0. The average molecular weight is 268 g/mol. The van der Waals surface area contributed by atoms with Gasteiger partial charge in [0.15, 0.2) is 11.6 Å². The lowest BCUT2D eigenvalue weighted by Gasteiger charge is -2.14. The zero-order chi connectivity index (χ0) is 13.3. The maximum Gasteiger partial charge on any atom is 0.164 e. The molecule has 0 aliphatic carbocycles. The van der Waals surface area contributed by atoms with Gasteiger partial charge in [0.2, 0.25) is 0 Å². The van der Waals surface area contributed by atoms with Gasteiger partial charge in [-0.05, 0) is 30.2 Å². The maximum absolute atomic E-state index is 13.8. The van der Waals surface area contributed by atoms with E-state index in [-0.39, 0.29) is 11.1 Å². The normalized spacial score (nSPS) is 12.5. The standard InChI is InChI=1S/C14H12ClF2N/c1-8-2-7-11(13(17)12(8)16)14(18)9-3-5-10(15)6-4-9/h2-7,14H,18H2,1H3. The molecule has 0 aliphatic heterocycles. The van der Waals surface area contributed by atoms with Crippen LogP contribution in [0.2, 0.25) is 5.02 Å². The highest BCUT2D eigenvalue weighted by Gasteiger charge is 2.17. The van der Waals surface area contributed by atoms with E-state index in [1.165, 1.54) is 19.1 Å². The fraction of sp³-hybridized carbons (Fsp3) is 0.143. The molecule has 2 aromatic rings. The third-order valence-corrected chi connectivity index (χ3v) is 3.12. The monoisotopic (exact) mass is 267 g/mol. The Morgan fingerprint density at radius 2 is 1.61 bits per heavy atom. The molecule has 2 aromatic carbocycles. The lowest BCUT2D eigenvalue weighted by molar-refractivity contribution is 0.489. The van der Waals surface area contributed by atoms with Crippen LogP contribution in [0.5, 0.6) is 0 Å². The number of benzene rings is 2. The van der Waals surface area contributed by atoms with E-state index in [0.29, 0.717) is 10.6 Å². The number of aryl methyl sites for hydroxylation is 1. The SMILES string of the molecule is Cc1ccc(C(N)c2ccc(Cl)cc2)c(F)c1F. The third-order valence-electron chi connectivity index (χ3n) is 2.87. The molecule has 0 aromatic heterocycles. The maximum atomic E-state index is 13.8. The van der Waals surface area contributed by atoms with E-state index < -0.39 is 17.7 Å². The first-order chi connectivity index (χ1) is 8.50. The first-order valence-corrected chi connectivity index (χ1v) is 5.84. The third kappa shape index (κ3) is 2.37. The van der Waals surface area contributed by atoms with Gasteiger partial charge in [-0.3, -0.25) is 0 Å². The molecule has 0 fully saturated rings. The van der Waals surface area contributed by atoms with Crippen molar-refractivity contribution in [2.75, 3.05) is 0 Å². The molecule has 0 saturated carbocycles. The summed E-state index contributed by atoms with van der Waals surface area (Å²) in [5.74, 6) is -1.74. The van der Waals surface area contributed by atoms with Crippen LogP contribution in [-0.2, 0) is 0 Å². The first-order valence-electron chi connectivity index (χ1n) is 5.46. The Morgan fingerprint density at radius 3 is 2.22 bits per heavy atom. The Morgan fingerprint density at radius 1 is 1.00 bits per heavy atom. The Hall–Kier alpha value is -1.45. The van der Waals surface area contributed by atoms with Crippen molar-refractivity contribution in [1.29, 1.82) is 0 Å². The molecule has 0 aliphatic rings. The lowest BCUT2D eigenvalue weighted by Crippen LogP contribution is -2.14. The van der Waals surface area contributed by atoms with Crippen molar-refractivity contribution in [1.82, 2.24) is 0 Å². The van der Waals surface area contributed by atoms with Gasteiger partial charge < -0.3 is 5.73 Å². The van der Waals surface area contributed by atoms with Gasteiger partial charge in [-0.15, -0.1) is 0 Å². The summed E-state index contributed by atoms with van der Waals surface area (Å²) < 4.78 is 27.3. The topological polar surface area (TPSA) is 26.0 Å². The van der Waals surface area contributed by atoms with Crippen molar-refractivity contribution in [3.8, 4) is 0 Å². The lowest BCUT2D eigenvalue weighted by atomic mass is 9.98. The van der Waals surface area contributed by atoms with Gasteiger partial charge in [0, 0.05) is 10.6 Å². The summed E-state index contributed by atoms with van der Waals surface area (Å²) in [5.41, 5.74) is 7.02. The summed E-state index contributed by atoms with van der Waals surface area (Å²) in [6, 6.07) is 9.04. The van der Waals surface area contributed by atoms with Crippen LogP contribution in [0.1, 0.15) is 22.7 Å². The Kier molecular flexibility index (Phi) is 3.64. The Bertz CT molecular complexity index is 567. The van der Waals surface area contributed by atoms with E-state index in [1.807, 2.05) is 0 Å². The highest BCUT2D eigenvalue weighted by atomic mass is 35.5. The minimum Gasteiger partial charge on any atom is -0.320 e. The van der Waals surface area contributed by atoms with Gasteiger partial charge in [0.05, 0.1) is 6.04 Å². The van der Waals surface area contributed by atoms with Crippen molar-refractivity contribution in [3.63, 3.8) is 0 Å². The van der Waals surface area contributed by atoms with E-state index >= 15 is 0 Å². The quantitative estimate of drug-likeness (QED) is 0.875. The second-order valence-corrected chi connectivity index (χ2v) is 4.57. The highest BCUT2D eigenvalue weighted by Crippen LogP contribution is 2.26. The molecule has 18 heavy (non-hydrogen) atoms. The average Bonchev–Trinajstić information content (AvgIpc) is 2.36. The molecule has 0 heterocycles. The van der Waals surface area contributed by atoms with Crippen LogP contribution in [-0.4, -0.2) is 0 Å². The van der Waals surface area contributed by atoms with Gasteiger partial charge in [-0.25, -0.2) is 8.78 Å². The number of rotatable bonds is 2. The second-order valence-electron chi connectivity index (χ2n) is 4.13. The fourth-order valence-electron chi connectivity index (χ4n) is 1.75. The summed E-state index contributed by atoms with van der Waals surface area (Å²) in [4.78, 5) is 0. The van der Waals surface area contributed by atoms with Crippen LogP contribution >= 0.6 is 11.6 Å².